The minimum absolute atomic E-state index is 0.231. The van der Waals surface area contributed by atoms with Crippen molar-refractivity contribution in [1.82, 2.24) is 0 Å². The van der Waals surface area contributed by atoms with Crippen LogP contribution in [-0.4, -0.2) is 26.2 Å². The Morgan fingerprint density at radius 2 is 2.27 bits per heavy atom. The summed E-state index contributed by atoms with van der Waals surface area (Å²) in [7, 11) is 3.02. The highest BCUT2D eigenvalue weighted by atomic mass is 16.5. The molecule has 4 heteroatoms. The van der Waals surface area contributed by atoms with Gasteiger partial charge in [0.25, 0.3) is 0 Å². The first-order valence-corrected chi connectivity index (χ1v) is 4.76. The van der Waals surface area contributed by atoms with Crippen molar-refractivity contribution in [1.29, 1.82) is 0 Å². The van der Waals surface area contributed by atoms with Gasteiger partial charge in [0, 0.05) is 12.1 Å². The standard InChI is InChI=1S/C11H13NO3/c1-14-8-3-4-9-7(5-8)6-10(12-9)11(13)15-2/h3-5,10,12H,6H2,1-2H3. The van der Waals surface area contributed by atoms with Crippen LogP contribution < -0.4 is 10.1 Å². The minimum Gasteiger partial charge on any atom is -0.497 e. The van der Waals surface area contributed by atoms with Crippen molar-refractivity contribution in [3.8, 4) is 5.75 Å². The molecule has 0 aliphatic carbocycles. The molecule has 0 aromatic heterocycles. The summed E-state index contributed by atoms with van der Waals surface area (Å²) in [5.74, 6) is 0.575. The summed E-state index contributed by atoms with van der Waals surface area (Å²) < 4.78 is 9.81. The molecular weight excluding hydrogens is 194 g/mol. The van der Waals surface area contributed by atoms with Gasteiger partial charge in [0.1, 0.15) is 11.8 Å². The molecule has 0 amide bonds. The van der Waals surface area contributed by atoms with Gasteiger partial charge in [-0.2, -0.15) is 0 Å². The molecule has 1 unspecified atom stereocenters. The van der Waals surface area contributed by atoms with Crippen LogP contribution in [0.25, 0.3) is 0 Å². The number of methoxy groups -OCH3 is 2. The Morgan fingerprint density at radius 3 is 2.93 bits per heavy atom. The maximum Gasteiger partial charge on any atom is 0.328 e. The molecule has 0 saturated heterocycles. The van der Waals surface area contributed by atoms with E-state index in [-0.39, 0.29) is 12.0 Å². The summed E-state index contributed by atoms with van der Waals surface area (Å²) in [6.07, 6.45) is 0.652. The molecular formula is C11H13NO3. The monoisotopic (exact) mass is 207 g/mol. The maximum absolute atomic E-state index is 11.3. The maximum atomic E-state index is 11.3. The molecule has 0 fully saturated rings. The number of ether oxygens (including phenoxy) is 2. The molecule has 0 saturated carbocycles. The summed E-state index contributed by atoms with van der Waals surface area (Å²) in [6.45, 7) is 0. The first kappa shape index (κ1) is 9.83. The average Bonchev–Trinajstić information content (AvgIpc) is 2.70. The fraction of sp³-hybridized carbons (Fsp3) is 0.364. The molecule has 1 heterocycles. The number of hydrogen-bond donors (Lipinski definition) is 1. The van der Waals surface area contributed by atoms with Crippen LogP contribution in [0.1, 0.15) is 5.56 Å². The zero-order chi connectivity index (χ0) is 10.8. The predicted molar refractivity (Wildman–Crippen MR) is 56.1 cm³/mol. The van der Waals surface area contributed by atoms with Crippen molar-refractivity contribution >= 4 is 11.7 Å². The Kier molecular flexibility index (Phi) is 2.49. The first-order chi connectivity index (χ1) is 7.24. The van der Waals surface area contributed by atoms with Crippen molar-refractivity contribution < 1.29 is 14.3 Å². The van der Waals surface area contributed by atoms with E-state index >= 15 is 0 Å². The van der Waals surface area contributed by atoms with Crippen molar-refractivity contribution in [2.75, 3.05) is 19.5 Å². The average molecular weight is 207 g/mol. The first-order valence-electron chi connectivity index (χ1n) is 4.76. The molecule has 2 rings (SSSR count). The Bertz CT molecular complexity index is 389. The largest absolute Gasteiger partial charge is 0.497 e. The molecule has 15 heavy (non-hydrogen) atoms. The molecule has 4 nitrogen and oxygen atoms in total. The van der Waals surface area contributed by atoms with Gasteiger partial charge in [0.15, 0.2) is 0 Å². The van der Waals surface area contributed by atoms with Gasteiger partial charge >= 0.3 is 5.97 Å². The Balaban J connectivity index is 2.20. The molecule has 0 bridgehead atoms. The van der Waals surface area contributed by atoms with Crippen molar-refractivity contribution in [2.45, 2.75) is 12.5 Å². The second-order valence-electron chi connectivity index (χ2n) is 3.45. The third kappa shape index (κ3) is 1.75. The Hall–Kier alpha value is -1.71. The zero-order valence-electron chi connectivity index (χ0n) is 8.74. The number of fused-ring (bicyclic) bond motifs is 1. The topological polar surface area (TPSA) is 47.6 Å². The normalized spacial score (nSPS) is 17.9. The summed E-state index contributed by atoms with van der Waals surface area (Å²) in [6, 6.07) is 5.45. The van der Waals surface area contributed by atoms with E-state index < -0.39 is 0 Å². The molecule has 0 radical (unpaired) electrons. The van der Waals surface area contributed by atoms with E-state index in [0.29, 0.717) is 6.42 Å². The lowest BCUT2D eigenvalue weighted by Crippen LogP contribution is -2.27. The van der Waals surface area contributed by atoms with E-state index in [4.69, 9.17) is 4.74 Å². The molecule has 1 N–H and O–H groups in total. The highest BCUT2D eigenvalue weighted by Crippen LogP contribution is 2.29. The third-order valence-corrected chi connectivity index (χ3v) is 2.55. The number of carbonyl (C=O) groups is 1. The van der Waals surface area contributed by atoms with E-state index in [0.717, 1.165) is 17.0 Å². The number of esters is 1. The van der Waals surface area contributed by atoms with Crippen LogP contribution in [0, 0.1) is 0 Å². The molecule has 80 valence electrons. The van der Waals surface area contributed by atoms with Gasteiger partial charge in [-0.1, -0.05) is 0 Å². The number of benzene rings is 1. The van der Waals surface area contributed by atoms with Gasteiger partial charge in [0.05, 0.1) is 14.2 Å². The van der Waals surface area contributed by atoms with Gasteiger partial charge < -0.3 is 14.8 Å². The van der Waals surface area contributed by atoms with E-state index in [1.807, 2.05) is 18.2 Å². The van der Waals surface area contributed by atoms with Crippen LogP contribution in [0.4, 0.5) is 5.69 Å². The van der Waals surface area contributed by atoms with E-state index in [1.165, 1.54) is 7.11 Å². The number of nitrogens with one attached hydrogen (secondary N) is 1. The highest BCUT2D eigenvalue weighted by molar-refractivity contribution is 5.82. The van der Waals surface area contributed by atoms with Crippen molar-refractivity contribution in [2.24, 2.45) is 0 Å². The van der Waals surface area contributed by atoms with Gasteiger partial charge in [-0.3, -0.25) is 0 Å². The number of hydrogen-bond acceptors (Lipinski definition) is 4. The highest BCUT2D eigenvalue weighted by Gasteiger charge is 2.27. The second-order valence-corrected chi connectivity index (χ2v) is 3.45. The summed E-state index contributed by atoms with van der Waals surface area (Å²) in [5.41, 5.74) is 2.07. The number of rotatable bonds is 2. The lowest BCUT2D eigenvalue weighted by atomic mass is 10.1. The van der Waals surface area contributed by atoms with Crippen LogP contribution in [0.5, 0.6) is 5.75 Å². The molecule has 1 aromatic rings. The molecule has 1 aliphatic rings. The van der Waals surface area contributed by atoms with Crippen molar-refractivity contribution in [3.05, 3.63) is 23.8 Å². The summed E-state index contributed by atoms with van der Waals surface area (Å²) in [4.78, 5) is 11.3. The number of anilines is 1. The Labute approximate surface area is 88.2 Å². The second kappa shape index (κ2) is 3.81. The molecule has 1 aliphatic heterocycles. The van der Waals surface area contributed by atoms with Crippen LogP contribution in [0.15, 0.2) is 18.2 Å². The van der Waals surface area contributed by atoms with E-state index in [9.17, 15) is 4.79 Å². The molecule has 1 atom stereocenters. The minimum atomic E-state index is -0.267. The molecule has 0 spiro atoms. The van der Waals surface area contributed by atoms with Gasteiger partial charge in [0.2, 0.25) is 0 Å². The summed E-state index contributed by atoms with van der Waals surface area (Å²) in [5, 5.41) is 3.11. The third-order valence-electron chi connectivity index (χ3n) is 2.55. The summed E-state index contributed by atoms with van der Waals surface area (Å²) >= 11 is 0. The van der Waals surface area contributed by atoms with Gasteiger partial charge in [-0.15, -0.1) is 0 Å². The van der Waals surface area contributed by atoms with Crippen LogP contribution in [0.3, 0.4) is 0 Å². The fourth-order valence-electron chi connectivity index (χ4n) is 1.75. The smallest absolute Gasteiger partial charge is 0.328 e. The fourth-order valence-corrected chi connectivity index (χ4v) is 1.75. The lowest BCUT2D eigenvalue weighted by molar-refractivity contribution is -0.141. The lowest BCUT2D eigenvalue weighted by Gasteiger charge is -2.07. The quantitative estimate of drug-likeness (QED) is 0.740. The van der Waals surface area contributed by atoms with E-state index in [2.05, 4.69) is 10.1 Å². The molecule has 1 aromatic carbocycles. The SMILES string of the molecule is COC(=O)C1Cc2cc(OC)ccc2N1. The van der Waals surface area contributed by atoms with Crippen LogP contribution >= 0.6 is 0 Å². The Morgan fingerprint density at radius 1 is 1.47 bits per heavy atom. The van der Waals surface area contributed by atoms with E-state index in [1.54, 1.807) is 7.11 Å². The zero-order valence-corrected chi connectivity index (χ0v) is 8.74. The van der Waals surface area contributed by atoms with Crippen LogP contribution in [0.2, 0.25) is 0 Å². The van der Waals surface area contributed by atoms with Gasteiger partial charge in [-0.05, 0) is 23.8 Å². The number of carbonyl (C=O) groups excluding carboxylic acids is 1. The predicted octanol–water partition coefficient (Wildman–Crippen LogP) is 1.20. The van der Waals surface area contributed by atoms with Crippen LogP contribution in [-0.2, 0) is 16.0 Å². The van der Waals surface area contributed by atoms with Gasteiger partial charge in [-0.25, -0.2) is 4.79 Å². The van der Waals surface area contributed by atoms with Crippen molar-refractivity contribution in [3.63, 3.8) is 0 Å².